The van der Waals surface area contributed by atoms with E-state index >= 15 is 0 Å². The predicted molar refractivity (Wildman–Crippen MR) is 92.1 cm³/mol. The van der Waals surface area contributed by atoms with Crippen LogP contribution in [0.1, 0.15) is 52.3 Å². The molecule has 2 fully saturated rings. The number of hydrogen-bond acceptors (Lipinski definition) is 5. The number of aromatic amines is 1. The van der Waals surface area contributed by atoms with Crippen molar-refractivity contribution in [1.29, 1.82) is 0 Å². The standard InChI is InChI=1S/C17H19BrN4O2/c18-15-16(11-2-3-11)21-22-17(15)13(23)7-10-1-4-12(20-8-10)14-9-19-5-6-24-14/h1,4,8,11,14,19H,2-3,5-7,9H2,(H,21,22)/t14-/m0/s1. The summed E-state index contributed by atoms with van der Waals surface area (Å²) in [6.45, 7) is 2.35. The van der Waals surface area contributed by atoms with Crippen LogP contribution >= 0.6 is 15.9 Å². The molecule has 7 heteroatoms. The average Bonchev–Trinajstić information content (AvgIpc) is 3.38. The molecule has 24 heavy (non-hydrogen) atoms. The fourth-order valence-corrected chi connectivity index (χ4v) is 3.65. The Kier molecular flexibility index (Phi) is 4.47. The van der Waals surface area contributed by atoms with Crippen LogP contribution in [0.5, 0.6) is 0 Å². The van der Waals surface area contributed by atoms with Gasteiger partial charge in [-0.1, -0.05) is 6.07 Å². The van der Waals surface area contributed by atoms with Gasteiger partial charge in [-0.3, -0.25) is 14.9 Å². The Morgan fingerprint density at radius 3 is 2.92 bits per heavy atom. The molecule has 0 unspecified atom stereocenters. The van der Waals surface area contributed by atoms with Crippen molar-refractivity contribution in [3.63, 3.8) is 0 Å². The molecule has 2 aromatic rings. The highest BCUT2D eigenvalue weighted by Crippen LogP contribution is 2.43. The van der Waals surface area contributed by atoms with Gasteiger partial charge in [0.25, 0.3) is 0 Å². The van der Waals surface area contributed by atoms with Crippen molar-refractivity contribution < 1.29 is 9.53 Å². The third-order valence-corrected chi connectivity index (χ3v) is 5.25. The quantitative estimate of drug-likeness (QED) is 0.766. The minimum atomic E-state index is -0.00918. The van der Waals surface area contributed by atoms with Crippen LogP contribution in [-0.4, -0.2) is 40.7 Å². The second-order valence-electron chi connectivity index (χ2n) is 6.33. The number of aromatic nitrogens is 3. The van der Waals surface area contributed by atoms with Crippen molar-refractivity contribution in [2.24, 2.45) is 0 Å². The number of pyridine rings is 1. The Labute approximate surface area is 148 Å². The van der Waals surface area contributed by atoms with Crippen molar-refractivity contribution in [2.75, 3.05) is 19.7 Å². The molecule has 0 radical (unpaired) electrons. The monoisotopic (exact) mass is 390 g/mol. The second-order valence-corrected chi connectivity index (χ2v) is 7.12. The highest BCUT2D eigenvalue weighted by Gasteiger charge is 2.30. The summed E-state index contributed by atoms with van der Waals surface area (Å²) in [5.74, 6) is 0.522. The summed E-state index contributed by atoms with van der Waals surface area (Å²) in [4.78, 5) is 17.0. The molecule has 2 aromatic heterocycles. The maximum Gasteiger partial charge on any atom is 0.188 e. The van der Waals surface area contributed by atoms with Crippen molar-refractivity contribution in [2.45, 2.75) is 31.3 Å². The summed E-state index contributed by atoms with van der Waals surface area (Å²) in [5, 5.41) is 10.5. The molecule has 2 aliphatic rings. The number of Topliss-reactive ketones (excluding diaryl/α,β-unsaturated/α-hetero) is 1. The van der Waals surface area contributed by atoms with Gasteiger partial charge in [-0.05, 0) is 40.4 Å². The van der Waals surface area contributed by atoms with E-state index in [9.17, 15) is 4.79 Å². The molecule has 4 rings (SSSR count). The van der Waals surface area contributed by atoms with Gasteiger partial charge >= 0.3 is 0 Å². The lowest BCUT2D eigenvalue weighted by Gasteiger charge is -2.23. The van der Waals surface area contributed by atoms with Gasteiger partial charge in [-0.2, -0.15) is 5.10 Å². The van der Waals surface area contributed by atoms with Crippen LogP contribution in [0.3, 0.4) is 0 Å². The molecule has 1 saturated heterocycles. The largest absolute Gasteiger partial charge is 0.369 e. The molecule has 3 heterocycles. The molecular weight excluding hydrogens is 372 g/mol. The van der Waals surface area contributed by atoms with Crippen LogP contribution < -0.4 is 5.32 Å². The van der Waals surface area contributed by atoms with E-state index in [4.69, 9.17) is 4.74 Å². The maximum atomic E-state index is 12.5. The van der Waals surface area contributed by atoms with Crippen LogP contribution in [0.25, 0.3) is 0 Å². The van der Waals surface area contributed by atoms with Crippen molar-refractivity contribution in [3.8, 4) is 0 Å². The highest BCUT2D eigenvalue weighted by atomic mass is 79.9. The lowest BCUT2D eigenvalue weighted by molar-refractivity contribution is 0.0250. The zero-order chi connectivity index (χ0) is 16.5. The number of nitrogens with one attached hydrogen (secondary N) is 2. The van der Waals surface area contributed by atoms with Gasteiger partial charge in [0, 0.05) is 31.6 Å². The SMILES string of the molecule is O=C(Cc1ccc([C@@H]2CNCCO2)nc1)c1n[nH]c(C2CC2)c1Br. The van der Waals surface area contributed by atoms with Gasteiger partial charge in [-0.25, -0.2) is 0 Å². The number of ketones is 1. The highest BCUT2D eigenvalue weighted by molar-refractivity contribution is 9.10. The zero-order valence-electron chi connectivity index (χ0n) is 13.2. The topological polar surface area (TPSA) is 79.9 Å². The Morgan fingerprint density at radius 1 is 1.38 bits per heavy atom. The van der Waals surface area contributed by atoms with E-state index in [-0.39, 0.29) is 11.9 Å². The van der Waals surface area contributed by atoms with E-state index < -0.39 is 0 Å². The number of H-pyrrole nitrogens is 1. The molecule has 0 bridgehead atoms. The average molecular weight is 391 g/mol. The summed E-state index contributed by atoms with van der Waals surface area (Å²) in [5.41, 5.74) is 3.32. The van der Waals surface area contributed by atoms with E-state index in [1.165, 1.54) is 0 Å². The van der Waals surface area contributed by atoms with Gasteiger partial charge < -0.3 is 10.1 Å². The number of carbonyl (C=O) groups is 1. The van der Waals surface area contributed by atoms with E-state index in [0.717, 1.165) is 47.4 Å². The summed E-state index contributed by atoms with van der Waals surface area (Å²) in [6, 6.07) is 3.88. The number of morpholine rings is 1. The first kappa shape index (κ1) is 15.9. The lowest BCUT2D eigenvalue weighted by Crippen LogP contribution is -2.33. The summed E-state index contributed by atoms with van der Waals surface area (Å²) >= 11 is 3.52. The van der Waals surface area contributed by atoms with Crippen LogP contribution in [0, 0.1) is 0 Å². The van der Waals surface area contributed by atoms with Crippen LogP contribution in [-0.2, 0) is 11.2 Å². The fourth-order valence-electron chi connectivity index (χ4n) is 2.92. The molecule has 126 valence electrons. The third kappa shape index (κ3) is 3.29. The molecule has 1 saturated carbocycles. The number of nitrogens with zero attached hydrogens (tertiary/aromatic N) is 2. The van der Waals surface area contributed by atoms with E-state index in [0.29, 0.717) is 24.6 Å². The van der Waals surface area contributed by atoms with Gasteiger partial charge in [0.2, 0.25) is 0 Å². The number of hydrogen-bond donors (Lipinski definition) is 2. The van der Waals surface area contributed by atoms with Gasteiger partial charge in [-0.15, -0.1) is 0 Å². The van der Waals surface area contributed by atoms with E-state index in [1.54, 1.807) is 6.20 Å². The van der Waals surface area contributed by atoms with Gasteiger partial charge in [0.05, 0.1) is 22.5 Å². The third-order valence-electron chi connectivity index (χ3n) is 4.45. The first-order chi connectivity index (χ1) is 11.7. The maximum absolute atomic E-state index is 12.5. The van der Waals surface area contributed by atoms with E-state index in [2.05, 4.69) is 36.4 Å². The molecule has 1 atom stereocenters. The second kappa shape index (κ2) is 6.74. The number of ether oxygens (including phenoxy) is 1. The van der Waals surface area contributed by atoms with Gasteiger partial charge in [0.1, 0.15) is 11.8 Å². The first-order valence-corrected chi connectivity index (χ1v) is 9.06. The van der Waals surface area contributed by atoms with Crippen LogP contribution in [0.2, 0.25) is 0 Å². The number of carbonyl (C=O) groups excluding carboxylic acids is 1. The fraction of sp³-hybridized carbons (Fsp3) is 0.471. The molecule has 6 nitrogen and oxygen atoms in total. The Hall–Kier alpha value is -1.57. The minimum Gasteiger partial charge on any atom is -0.369 e. The van der Waals surface area contributed by atoms with Crippen LogP contribution in [0.4, 0.5) is 0 Å². The Balaban J connectivity index is 1.43. The van der Waals surface area contributed by atoms with Gasteiger partial charge in [0.15, 0.2) is 5.78 Å². The summed E-state index contributed by atoms with van der Waals surface area (Å²) in [6.07, 6.45) is 4.37. The number of halogens is 1. The first-order valence-electron chi connectivity index (χ1n) is 8.26. The Morgan fingerprint density at radius 2 is 2.25 bits per heavy atom. The van der Waals surface area contributed by atoms with Crippen LogP contribution in [0.15, 0.2) is 22.8 Å². The van der Waals surface area contributed by atoms with Crippen molar-refractivity contribution in [3.05, 3.63) is 45.4 Å². The molecule has 1 aliphatic heterocycles. The summed E-state index contributed by atoms with van der Waals surface area (Å²) in [7, 11) is 0. The molecule has 0 aromatic carbocycles. The van der Waals surface area contributed by atoms with Crippen molar-refractivity contribution in [1.82, 2.24) is 20.5 Å². The molecule has 1 aliphatic carbocycles. The molecule has 0 amide bonds. The van der Waals surface area contributed by atoms with E-state index in [1.807, 2.05) is 12.1 Å². The zero-order valence-corrected chi connectivity index (χ0v) is 14.8. The summed E-state index contributed by atoms with van der Waals surface area (Å²) < 4.78 is 6.51. The molecule has 0 spiro atoms. The minimum absolute atomic E-state index is 0.00448. The normalized spacial score (nSPS) is 21.0. The molecular formula is C17H19BrN4O2. The molecule has 2 N–H and O–H groups in total. The predicted octanol–water partition coefficient (Wildman–Crippen LogP) is 2.53. The van der Waals surface area contributed by atoms with Crippen molar-refractivity contribution >= 4 is 21.7 Å². The smallest absolute Gasteiger partial charge is 0.188 e. The Bertz CT molecular complexity index is 734. The number of rotatable bonds is 5. The lowest BCUT2D eigenvalue weighted by atomic mass is 10.1.